The first kappa shape index (κ1) is 13.0. The molecular weight excluding hydrogens is 232 g/mol. The fourth-order valence-corrected chi connectivity index (χ4v) is 2.54. The summed E-state index contributed by atoms with van der Waals surface area (Å²) in [6.45, 7) is 8.19. The molecule has 1 fully saturated rings. The molecule has 6 nitrogen and oxygen atoms in total. The Bertz CT molecular complexity index is 429. The smallest absolute Gasteiger partial charge is 0.308 e. The molecule has 1 aromatic rings. The van der Waals surface area contributed by atoms with Gasteiger partial charge in [0.2, 0.25) is 0 Å². The summed E-state index contributed by atoms with van der Waals surface area (Å²) in [6.07, 6.45) is 1.56. The van der Waals surface area contributed by atoms with Crippen molar-refractivity contribution >= 4 is 5.97 Å². The van der Waals surface area contributed by atoms with E-state index in [2.05, 4.69) is 28.8 Å². The lowest BCUT2D eigenvalue weighted by Crippen LogP contribution is -2.25. The molecule has 2 rings (SSSR count). The average Bonchev–Trinajstić information content (AvgIpc) is 2.85. The number of hydrogen-bond acceptors (Lipinski definition) is 4. The van der Waals surface area contributed by atoms with E-state index in [4.69, 9.17) is 5.11 Å². The largest absolute Gasteiger partial charge is 0.481 e. The molecule has 0 saturated carbocycles. The van der Waals surface area contributed by atoms with Crippen molar-refractivity contribution in [2.45, 2.75) is 33.4 Å². The third-order valence-electron chi connectivity index (χ3n) is 3.51. The number of carboxylic acid groups (broad SMARTS) is 1. The van der Waals surface area contributed by atoms with Crippen LogP contribution in [0.15, 0.2) is 6.33 Å². The van der Waals surface area contributed by atoms with Crippen LogP contribution in [0.25, 0.3) is 0 Å². The van der Waals surface area contributed by atoms with Gasteiger partial charge in [0, 0.05) is 19.1 Å². The minimum absolute atomic E-state index is 0.193. The molecule has 100 valence electrons. The molecule has 0 radical (unpaired) electrons. The number of carbonyl (C=O) groups is 1. The SMILES string of the molecule is CC(C)n1ncnc1CN1C[C@@H](C)[C@H](C(=O)O)C1. The van der Waals surface area contributed by atoms with Gasteiger partial charge in [0.25, 0.3) is 0 Å². The number of likely N-dealkylation sites (tertiary alicyclic amines) is 1. The fraction of sp³-hybridized carbons (Fsp3) is 0.750. The summed E-state index contributed by atoms with van der Waals surface area (Å²) in [6, 6.07) is 0.276. The summed E-state index contributed by atoms with van der Waals surface area (Å²) < 4.78 is 1.89. The lowest BCUT2D eigenvalue weighted by atomic mass is 9.99. The molecule has 0 spiro atoms. The van der Waals surface area contributed by atoms with Gasteiger partial charge >= 0.3 is 5.97 Å². The summed E-state index contributed by atoms with van der Waals surface area (Å²) in [4.78, 5) is 17.5. The zero-order valence-electron chi connectivity index (χ0n) is 11.1. The molecule has 1 aliphatic rings. The van der Waals surface area contributed by atoms with Crippen LogP contribution in [-0.4, -0.2) is 43.8 Å². The molecule has 1 saturated heterocycles. The van der Waals surface area contributed by atoms with Gasteiger partial charge in [0.15, 0.2) is 0 Å². The van der Waals surface area contributed by atoms with Crippen LogP contribution in [0.4, 0.5) is 0 Å². The van der Waals surface area contributed by atoms with Gasteiger partial charge in [-0.3, -0.25) is 9.69 Å². The normalized spacial score (nSPS) is 24.9. The van der Waals surface area contributed by atoms with Gasteiger partial charge in [-0.15, -0.1) is 0 Å². The lowest BCUT2D eigenvalue weighted by molar-refractivity contribution is -0.142. The molecule has 1 aliphatic heterocycles. The van der Waals surface area contributed by atoms with Crippen molar-refractivity contribution < 1.29 is 9.90 Å². The highest BCUT2D eigenvalue weighted by Crippen LogP contribution is 2.24. The van der Waals surface area contributed by atoms with Crippen LogP contribution >= 0.6 is 0 Å². The molecular formula is C12H20N4O2. The maximum Gasteiger partial charge on any atom is 0.308 e. The maximum atomic E-state index is 11.1. The molecule has 1 aromatic heterocycles. The monoisotopic (exact) mass is 252 g/mol. The van der Waals surface area contributed by atoms with Gasteiger partial charge in [-0.1, -0.05) is 6.92 Å². The number of hydrogen-bond donors (Lipinski definition) is 1. The van der Waals surface area contributed by atoms with E-state index < -0.39 is 5.97 Å². The third-order valence-corrected chi connectivity index (χ3v) is 3.51. The van der Waals surface area contributed by atoms with Crippen molar-refractivity contribution in [1.29, 1.82) is 0 Å². The zero-order chi connectivity index (χ0) is 13.3. The van der Waals surface area contributed by atoms with Crippen molar-refractivity contribution in [3.05, 3.63) is 12.2 Å². The van der Waals surface area contributed by atoms with E-state index in [1.54, 1.807) is 6.33 Å². The van der Waals surface area contributed by atoms with Gasteiger partial charge in [-0.05, 0) is 19.8 Å². The minimum atomic E-state index is -0.699. The number of aromatic nitrogens is 3. The summed E-state index contributed by atoms with van der Waals surface area (Å²) in [7, 11) is 0. The Labute approximate surface area is 107 Å². The topological polar surface area (TPSA) is 71.2 Å². The Kier molecular flexibility index (Phi) is 3.65. The second-order valence-corrected chi connectivity index (χ2v) is 5.33. The zero-order valence-corrected chi connectivity index (χ0v) is 11.1. The van der Waals surface area contributed by atoms with Crippen molar-refractivity contribution in [2.24, 2.45) is 11.8 Å². The first-order chi connectivity index (χ1) is 8.49. The second-order valence-electron chi connectivity index (χ2n) is 5.33. The molecule has 0 aliphatic carbocycles. The Morgan fingerprint density at radius 1 is 1.56 bits per heavy atom. The third kappa shape index (κ3) is 2.53. The Balaban J connectivity index is 2.03. The summed E-state index contributed by atoms with van der Waals surface area (Å²) in [5, 5.41) is 13.3. The predicted octanol–water partition coefficient (Wildman–Crippen LogP) is 1.01. The van der Waals surface area contributed by atoms with E-state index in [0.717, 1.165) is 12.4 Å². The van der Waals surface area contributed by atoms with Gasteiger partial charge in [-0.2, -0.15) is 5.10 Å². The van der Waals surface area contributed by atoms with E-state index in [-0.39, 0.29) is 17.9 Å². The molecule has 0 bridgehead atoms. The summed E-state index contributed by atoms with van der Waals surface area (Å²) >= 11 is 0. The summed E-state index contributed by atoms with van der Waals surface area (Å²) in [5.74, 6) is 0.136. The van der Waals surface area contributed by atoms with Crippen LogP contribution in [0.3, 0.4) is 0 Å². The van der Waals surface area contributed by atoms with Crippen LogP contribution in [0, 0.1) is 11.8 Å². The number of rotatable bonds is 4. The van der Waals surface area contributed by atoms with E-state index in [1.807, 2.05) is 11.6 Å². The van der Waals surface area contributed by atoms with Crippen LogP contribution in [0.2, 0.25) is 0 Å². The van der Waals surface area contributed by atoms with Crippen LogP contribution in [0.5, 0.6) is 0 Å². The lowest BCUT2D eigenvalue weighted by Gasteiger charge is -2.16. The van der Waals surface area contributed by atoms with Crippen molar-refractivity contribution in [1.82, 2.24) is 19.7 Å². The maximum absolute atomic E-state index is 11.1. The molecule has 0 aromatic carbocycles. The van der Waals surface area contributed by atoms with E-state index in [1.165, 1.54) is 0 Å². The van der Waals surface area contributed by atoms with Crippen molar-refractivity contribution in [3.8, 4) is 0 Å². The highest BCUT2D eigenvalue weighted by atomic mass is 16.4. The molecule has 0 unspecified atom stereocenters. The molecule has 1 N–H and O–H groups in total. The summed E-state index contributed by atoms with van der Waals surface area (Å²) in [5.41, 5.74) is 0. The highest BCUT2D eigenvalue weighted by Gasteiger charge is 2.35. The van der Waals surface area contributed by atoms with Crippen LogP contribution in [-0.2, 0) is 11.3 Å². The quantitative estimate of drug-likeness (QED) is 0.866. The van der Waals surface area contributed by atoms with Crippen LogP contribution < -0.4 is 0 Å². The molecule has 6 heteroatoms. The fourth-order valence-electron chi connectivity index (χ4n) is 2.54. The molecule has 0 amide bonds. The average molecular weight is 252 g/mol. The van der Waals surface area contributed by atoms with E-state index >= 15 is 0 Å². The van der Waals surface area contributed by atoms with Gasteiger partial charge in [0.1, 0.15) is 12.2 Å². The minimum Gasteiger partial charge on any atom is -0.481 e. The van der Waals surface area contributed by atoms with Crippen molar-refractivity contribution in [2.75, 3.05) is 13.1 Å². The molecule has 2 heterocycles. The van der Waals surface area contributed by atoms with Gasteiger partial charge in [0.05, 0.1) is 12.5 Å². The first-order valence-electron chi connectivity index (χ1n) is 6.32. The van der Waals surface area contributed by atoms with Crippen LogP contribution in [0.1, 0.15) is 32.6 Å². The Hall–Kier alpha value is -1.43. The molecule has 2 atom stereocenters. The Morgan fingerprint density at radius 2 is 2.28 bits per heavy atom. The van der Waals surface area contributed by atoms with Gasteiger partial charge < -0.3 is 5.11 Å². The number of aliphatic carboxylic acids is 1. The molecule has 18 heavy (non-hydrogen) atoms. The van der Waals surface area contributed by atoms with E-state index in [0.29, 0.717) is 13.1 Å². The second kappa shape index (κ2) is 5.06. The standard InChI is InChI=1S/C12H20N4O2/c1-8(2)16-11(13-7-14-16)6-15-4-9(3)10(5-15)12(17)18/h7-10H,4-6H2,1-3H3,(H,17,18)/t9-,10-/m1/s1. The highest BCUT2D eigenvalue weighted by molar-refractivity contribution is 5.71. The number of nitrogens with zero attached hydrogens (tertiary/aromatic N) is 4. The number of carboxylic acids is 1. The Morgan fingerprint density at radius 3 is 2.83 bits per heavy atom. The van der Waals surface area contributed by atoms with Crippen molar-refractivity contribution in [3.63, 3.8) is 0 Å². The first-order valence-corrected chi connectivity index (χ1v) is 6.32. The predicted molar refractivity (Wildman–Crippen MR) is 66.0 cm³/mol. The van der Waals surface area contributed by atoms with E-state index in [9.17, 15) is 4.79 Å². The van der Waals surface area contributed by atoms with Gasteiger partial charge in [-0.25, -0.2) is 9.67 Å².